The lowest BCUT2D eigenvalue weighted by Crippen LogP contribution is -2.25. The highest BCUT2D eigenvalue weighted by molar-refractivity contribution is 7.08. The molecule has 1 aliphatic heterocycles. The third-order valence-corrected chi connectivity index (χ3v) is 4.40. The summed E-state index contributed by atoms with van der Waals surface area (Å²) < 4.78 is 3.91. The lowest BCUT2D eigenvalue weighted by molar-refractivity contribution is 0.102. The summed E-state index contributed by atoms with van der Waals surface area (Å²) in [5.74, 6) is -0.0969. The van der Waals surface area contributed by atoms with E-state index in [1.165, 1.54) is 22.7 Å². The van der Waals surface area contributed by atoms with Crippen LogP contribution in [0, 0.1) is 0 Å². The van der Waals surface area contributed by atoms with E-state index in [0.717, 1.165) is 43.7 Å². The van der Waals surface area contributed by atoms with E-state index in [0.29, 0.717) is 4.88 Å². The van der Waals surface area contributed by atoms with Crippen molar-refractivity contribution in [1.82, 2.24) is 14.9 Å². The molecule has 0 fully saturated rings. The highest BCUT2D eigenvalue weighted by Crippen LogP contribution is 2.24. The SMILES string of the molecule is CCCc1nnsc1C(=O)Nc1cccc2c1CCNC2. The second-order valence-electron chi connectivity index (χ2n) is 5.12. The summed E-state index contributed by atoms with van der Waals surface area (Å²) in [6, 6.07) is 6.06. The molecule has 2 aromatic rings. The first-order valence-corrected chi connectivity index (χ1v) is 8.01. The van der Waals surface area contributed by atoms with Gasteiger partial charge >= 0.3 is 0 Å². The quantitative estimate of drug-likeness (QED) is 0.910. The first-order valence-electron chi connectivity index (χ1n) is 7.23. The average molecular weight is 302 g/mol. The number of nitrogens with one attached hydrogen (secondary N) is 2. The molecule has 1 amide bonds. The van der Waals surface area contributed by atoms with Crippen LogP contribution in [0.3, 0.4) is 0 Å². The van der Waals surface area contributed by atoms with E-state index < -0.39 is 0 Å². The summed E-state index contributed by atoms with van der Waals surface area (Å²) in [5.41, 5.74) is 4.20. The van der Waals surface area contributed by atoms with Gasteiger partial charge in [-0.25, -0.2) is 0 Å². The van der Waals surface area contributed by atoms with Crippen LogP contribution in [0.25, 0.3) is 0 Å². The number of fused-ring (bicyclic) bond motifs is 1. The van der Waals surface area contributed by atoms with Crippen molar-refractivity contribution in [3.05, 3.63) is 39.9 Å². The number of nitrogens with zero attached hydrogens (tertiary/aromatic N) is 2. The van der Waals surface area contributed by atoms with Crippen LogP contribution >= 0.6 is 11.5 Å². The van der Waals surface area contributed by atoms with Crippen molar-refractivity contribution in [2.24, 2.45) is 0 Å². The van der Waals surface area contributed by atoms with E-state index in [2.05, 4.69) is 33.2 Å². The van der Waals surface area contributed by atoms with Gasteiger partial charge in [-0.05, 0) is 48.1 Å². The van der Waals surface area contributed by atoms with Crippen molar-refractivity contribution in [2.45, 2.75) is 32.7 Å². The van der Waals surface area contributed by atoms with E-state index in [9.17, 15) is 4.79 Å². The van der Waals surface area contributed by atoms with Crippen molar-refractivity contribution in [2.75, 3.05) is 11.9 Å². The van der Waals surface area contributed by atoms with Crippen LogP contribution < -0.4 is 10.6 Å². The van der Waals surface area contributed by atoms with E-state index >= 15 is 0 Å². The molecule has 2 N–H and O–H groups in total. The Bertz CT molecular complexity index is 653. The zero-order valence-corrected chi connectivity index (χ0v) is 12.8. The minimum Gasteiger partial charge on any atom is -0.321 e. The summed E-state index contributed by atoms with van der Waals surface area (Å²) in [7, 11) is 0. The smallest absolute Gasteiger partial charge is 0.269 e. The van der Waals surface area contributed by atoms with Crippen molar-refractivity contribution < 1.29 is 4.79 Å². The van der Waals surface area contributed by atoms with Gasteiger partial charge < -0.3 is 10.6 Å². The molecule has 0 aliphatic carbocycles. The van der Waals surface area contributed by atoms with Gasteiger partial charge in [-0.1, -0.05) is 30.0 Å². The van der Waals surface area contributed by atoms with E-state index in [1.807, 2.05) is 12.1 Å². The molecule has 0 atom stereocenters. The molecule has 2 heterocycles. The fourth-order valence-electron chi connectivity index (χ4n) is 2.61. The van der Waals surface area contributed by atoms with Crippen molar-refractivity contribution in [3.8, 4) is 0 Å². The molecule has 0 saturated heterocycles. The van der Waals surface area contributed by atoms with E-state index in [1.54, 1.807) is 0 Å². The van der Waals surface area contributed by atoms with Crippen LogP contribution in [0.1, 0.15) is 39.8 Å². The number of amides is 1. The predicted molar refractivity (Wildman–Crippen MR) is 83.7 cm³/mol. The van der Waals surface area contributed by atoms with Crippen LogP contribution in [0.5, 0.6) is 0 Å². The third-order valence-electron chi connectivity index (χ3n) is 3.64. The zero-order chi connectivity index (χ0) is 14.7. The normalized spacial score (nSPS) is 13.8. The van der Waals surface area contributed by atoms with Gasteiger partial charge in [0.05, 0.1) is 5.69 Å². The van der Waals surface area contributed by atoms with Gasteiger partial charge in [0.1, 0.15) is 4.88 Å². The van der Waals surface area contributed by atoms with Gasteiger partial charge in [0.25, 0.3) is 5.91 Å². The molecule has 0 unspecified atom stereocenters. The van der Waals surface area contributed by atoms with Gasteiger partial charge in [-0.15, -0.1) is 5.10 Å². The van der Waals surface area contributed by atoms with Crippen molar-refractivity contribution in [3.63, 3.8) is 0 Å². The highest BCUT2D eigenvalue weighted by atomic mass is 32.1. The molecule has 1 aromatic heterocycles. The number of benzene rings is 1. The molecule has 3 rings (SSSR count). The molecule has 0 radical (unpaired) electrons. The van der Waals surface area contributed by atoms with Crippen LogP contribution in [0.15, 0.2) is 18.2 Å². The minimum absolute atomic E-state index is 0.0969. The Hall–Kier alpha value is -1.79. The Labute approximate surface area is 127 Å². The maximum Gasteiger partial charge on any atom is 0.269 e. The van der Waals surface area contributed by atoms with Gasteiger partial charge in [0, 0.05) is 12.2 Å². The first-order chi connectivity index (χ1) is 10.3. The summed E-state index contributed by atoms with van der Waals surface area (Å²) in [6.45, 7) is 3.88. The molecule has 0 spiro atoms. The standard InChI is InChI=1S/C15H18N4OS/c1-2-4-13-14(21-19-18-13)15(20)17-12-6-3-5-10-9-16-8-7-11(10)12/h3,5-6,16H,2,4,7-9H2,1H3,(H,17,20). The number of rotatable bonds is 4. The molecular weight excluding hydrogens is 284 g/mol. The Balaban J connectivity index is 1.83. The van der Waals surface area contributed by atoms with E-state index in [4.69, 9.17) is 0 Å². The van der Waals surface area contributed by atoms with Gasteiger partial charge in [-0.3, -0.25) is 4.79 Å². The van der Waals surface area contributed by atoms with Gasteiger partial charge in [0.2, 0.25) is 0 Å². The molecule has 0 saturated carbocycles. The van der Waals surface area contributed by atoms with Crippen molar-refractivity contribution in [1.29, 1.82) is 0 Å². The second-order valence-corrected chi connectivity index (χ2v) is 5.88. The largest absolute Gasteiger partial charge is 0.321 e. The van der Waals surface area contributed by atoms with Crippen LogP contribution in [0.4, 0.5) is 5.69 Å². The average Bonchev–Trinajstić information content (AvgIpc) is 2.96. The van der Waals surface area contributed by atoms with E-state index in [-0.39, 0.29) is 5.91 Å². The van der Waals surface area contributed by atoms with Gasteiger partial charge in [-0.2, -0.15) is 0 Å². The first kappa shape index (κ1) is 14.2. The number of hydrogen-bond acceptors (Lipinski definition) is 5. The Kier molecular flexibility index (Phi) is 4.26. The second kappa shape index (κ2) is 6.32. The molecule has 1 aliphatic rings. The molecule has 6 heteroatoms. The number of carbonyl (C=O) groups is 1. The number of hydrogen-bond donors (Lipinski definition) is 2. The number of carbonyl (C=O) groups excluding carboxylic acids is 1. The maximum absolute atomic E-state index is 12.5. The molecule has 21 heavy (non-hydrogen) atoms. The van der Waals surface area contributed by atoms with Crippen molar-refractivity contribution >= 4 is 23.1 Å². The van der Waals surface area contributed by atoms with Crippen LogP contribution in [-0.2, 0) is 19.4 Å². The Morgan fingerprint density at radius 2 is 2.38 bits per heavy atom. The monoisotopic (exact) mass is 302 g/mol. The van der Waals surface area contributed by atoms with Crippen LogP contribution in [0.2, 0.25) is 0 Å². The fourth-order valence-corrected chi connectivity index (χ4v) is 3.21. The summed E-state index contributed by atoms with van der Waals surface area (Å²) in [6.07, 6.45) is 2.68. The molecule has 0 bridgehead atoms. The Morgan fingerprint density at radius 3 is 3.24 bits per heavy atom. The predicted octanol–water partition coefficient (Wildman–Crippen LogP) is 2.39. The lowest BCUT2D eigenvalue weighted by Gasteiger charge is -2.20. The molecule has 1 aromatic carbocycles. The number of anilines is 1. The maximum atomic E-state index is 12.5. The summed E-state index contributed by atoms with van der Waals surface area (Å²) in [5, 5.41) is 10.4. The fraction of sp³-hybridized carbons (Fsp3) is 0.400. The van der Waals surface area contributed by atoms with Gasteiger partial charge in [0.15, 0.2) is 0 Å². The molecular formula is C15H18N4OS. The van der Waals surface area contributed by atoms with Crippen LogP contribution in [-0.4, -0.2) is 22.0 Å². The highest BCUT2D eigenvalue weighted by Gasteiger charge is 2.18. The summed E-state index contributed by atoms with van der Waals surface area (Å²) in [4.78, 5) is 13.1. The third kappa shape index (κ3) is 2.96. The lowest BCUT2D eigenvalue weighted by atomic mass is 9.99. The Morgan fingerprint density at radius 1 is 1.48 bits per heavy atom. The number of aryl methyl sites for hydroxylation is 1. The zero-order valence-electron chi connectivity index (χ0n) is 12.0. The number of aromatic nitrogens is 2. The minimum atomic E-state index is -0.0969. The molecule has 110 valence electrons. The summed E-state index contributed by atoms with van der Waals surface area (Å²) >= 11 is 1.17. The topological polar surface area (TPSA) is 66.9 Å². The molecule has 5 nitrogen and oxygen atoms in total.